The fraction of sp³-hybridized carbons (Fsp3) is 0.967. The second kappa shape index (κ2) is 50.5. The van der Waals surface area contributed by atoms with Gasteiger partial charge in [-0.1, -0.05) is 12.2 Å². The largest absolute Gasteiger partial charge is 0.394 e. The zero-order valence-corrected chi connectivity index (χ0v) is 53.8. The van der Waals surface area contributed by atoms with Gasteiger partial charge in [0, 0.05) is 46.2 Å². The molecule has 2 N–H and O–H groups in total. The standard InChI is InChI=1S/C60H116O24/c1-15-64-43(8)71-30-54(29-63-27-52-25-50-22-23-51(52)24-50)79-38-56(32-73-45(10)66-17-3)81-40-58(34-75-47(12)68-19-5)83-42-60(36-77-49(14)70-21-7)84-41-59(35-76-48(13)69-20-6)82-39-57(33-74-46(11)67-18-4)80-37-55(78-28-53(62)26-61)31-72-44(9)65-16-2/h22-23,43-62H,15-21,24-42H2,1-14H3. The number of allylic oxidation sites excluding steroid dienone is 2. The second-order valence-electron chi connectivity index (χ2n) is 20.6. The second-order valence-corrected chi connectivity index (χ2v) is 20.6. The lowest BCUT2D eigenvalue weighted by Crippen LogP contribution is -2.40. The first kappa shape index (κ1) is 78.9. The fourth-order valence-electron chi connectivity index (χ4n) is 8.89. The van der Waals surface area contributed by atoms with Gasteiger partial charge in [0.1, 0.15) is 48.8 Å². The minimum Gasteiger partial charge on any atom is -0.394 e. The zero-order valence-electron chi connectivity index (χ0n) is 53.8. The van der Waals surface area contributed by atoms with Crippen molar-refractivity contribution in [2.75, 3.05) is 159 Å². The predicted octanol–water partition coefficient (Wildman–Crippen LogP) is 6.06. The van der Waals surface area contributed by atoms with Crippen molar-refractivity contribution in [2.45, 2.75) is 203 Å². The van der Waals surface area contributed by atoms with E-state index in [1.807, 2.05) is 83.1 Å². The van der Waals surface area contributed by atoms with Crippen LogP contribution in [-0.4, -0.2) is 262 Å². The molecule has 0 aromatic carbocycles. The highest BCUT2D eigenvalue weighted by Crippen LogP contribution is 2.43. The number of fused-ring (bicyclic) bond motifs is 2. The highest BCUT2D eigenvalue weighted by molar-refractivity contribution is 5.10. The molecule has 1 fully saturated rings. The van der Waals surface area contributed by atoms with Crippen molar-refractivity contribution in [1.29, 1.82) is 0 Å². The highest BCUT2D eigenvalue weighted by Gasteiger charge is 2.36. The van der Waals surface area contributed by atoms with Crippen molar-refractivity contribution in [3.8, 4) is 0 Å². The van der Waals surface area contributed by atoms with E-state index in [9.17, 15) is 10.2 Å². The van der Waals surface area contributed by atoms with E-state index in [-0.39, 0.29) is 92.5 Å². The van der Waals surface area contributed by atoms with Crippen LogP contribution in [0, 0.1) is 17.8 Å². The summed E-state index contributed by atoms with van der Waals surface area (Å²) < 4.78 is 134. The molecule has 0 spiro atoms. The van der Waals surface area contributed by atoms with Crippen LogP contribution in [0.4, 0.5) is 0 Å². The average molecular weight is 1220 g/mol. The van der Waals surface area contributed by atoms with E-state index in [1.54, 1.807) is 13.8 Å². The van der Waals surface area contributed by atoms with Gasteiger partial charge in [0.05, 0.1) is 112 Å². The maximum atomic E-state index is 10.1. The summed E-state index contributed by atoms with van der Waals surface area (Å²) in [7, 11) is 0. The molecule has 18 unspecified atom stereocenters. The number of hydrogen-bond donors (Lipinski definition) is 2. The normalized spacial score (nSPS) is 21.6. The lowest BCUT2D eigenvalue weighted by Gasteiger charge is -2.29. The first-order valence-electron chi connectivity index (χ1n) is 31.1. The molecule has 24 nitrogen and oxygen atoms in total. The molecule has 0 aromatic rings. The smallest absolute Gasteiger partial charge is 0.154 e. The Morgan fingerprint density at radius 1 is 0.310 bits per heavy atom. The van der Waals surface area contributed by atoms with E-state index in [0.29, 0.717) is 77.2 Å². The van der Waals surface area contributed by atoms with Gasteiger partial charge in [0.25, 0.3) is 0 Å². The van der Waals surface area contributed by atoms with Crippen molar-refractivity contribution in [3.05, 3.63) is 12.2 Å². The highest BCUT2D eigenvalue weighted by atomic mass is 16.7. The predicted molar refractivity (Wildman–Crippen MR) is 310 cm³/mol. The number of rotatable bonds is 61. The van der Waals surface area contributed by atoms with E-state index in [4.69, 9.17) is 104 Å². The molecular weight excluding hydrogens is 1100 g/mol. The molecule has 0 aliphatic heterocycles. The molecule has 0 heterocycles. The Kier molecular flexibility index (Phi) is 47.4. The quantitative estimate of drug-likeness (QED) is 0.0519. The summed E-state index contributed by atoms with van der Waals surface area (Å²) in [6.45, 7) is 30.8. The van der Waals surface area contributed by atoms with Crippen molar-refractivity contribution in [1.82, 2.24) is 0 Å². The number of hydrogen-bond acceptors (Lipinski definition) is 24. The van der Waals surface area contributed by atoms with Gasteiger partial charge in [-0.05, 0) is 128 Å². The van der Waals surface area contributed by atoms with Gasteiger partial charge in [0.15, 0.2) is 44.0 Å². The summed E-state index contributed by atoms with van der Waals surface area (Å²) >= 11 is 0. The molecule has 2 aliphatic rings. The monoisotopic (exact) mass is 1220 g/mol. The summed E-state index contributed by atoms with van der Waals surface area (Å²) in [5.41, 5.74) is 0. The molecule has 0 amide bonds. The van der Waals surface area contributed by atoms with Crippen LogP contribution in [0.15, 0.2) is 12.2 Å². The van der Waals surface area contributed by atoms with Gasteiger partial charge in [-0.2, -0.15) is 0 Å². The third-order valence-corrected chi connectivity index (χ3v) is 13.3. The minimum atomic E-state index is -1.09. The molecule has 2 aliphatic carbocycles. The third-order valence-electron chi connectivity index (χ3n) is 13.3. The Bertz CT molecular complexity index is 1510. The molecule has 0 aromatic heterocycles. The molecule has 0 radical (unpaired) electrons. The summed E-state index contributed by atoms with van der Waals surface area (Å²) in [6, 6.07) is 0. The maximum absolute atomic E-state index is 10.1. The van der Waals surface area contributed by atoms with Gasteiger partial charge in [-0.3, -0.25) is 0 Å². The van der Waals surface area contributed by atoms with Crippen LogP contribution in [0.1, 0.15) is 110 Å². The maximum Gasteiger partial charge on any atom is 0.154 e. The molecule has 0 saturated heterocycles. The SMILES string of the molecule is CCOC(C)OCC(COCC1CC2C=CC1C2)OCC(COC(C)OCC)OCC(COC(C)OCC)OCC(COC(C)OCC)OCC(COC(C)OCC)OCC(COC(C)OCC)OCC(COC(C)OCC)OCC(O)CO. The van der Waals surface area contributed by atoms with Crippen LogP contribution >= 0.6 is 0 Å². The topological polar surface area (TPSA) is 244 Å². The van der Waals surface area contributed by atoms with Gasteiger partial charge in [0.2, 0.25) is 0 Å². The van der Waals surface area contributed by atoms with Crippen molar-refractivity contribution in [2.24, 2.45) is 17.8 Å². The first-order valence-corrected chi connectivity index (χ1v) is 31.1. The van der Waals surface area contributed by atoms with Crippen LogP contribution in [0.5, 0.6) is 0 Å². The number of aliphatic hydroxyl groups is 2. The Balaban J connectivity index is 2.37. The third kappa shape index (κ3) is 39.0. The lowest BCUT2D eigenvalue weighted by molar-refractivity contribution is -0.205. The molecule has 1 saturated carbocycles. The molecule has 500 valence electrons. The van der Waals surface area contributed by atoms with Crippen molar-refractivity contribution >= 4 is 0 Å². The van der Waals surface area contributed by atoms with Gasteiger partial charge >= 0.3 is 0 Å². The van der Waals surface area contributed by atoms with Gasteiger partial charge < -0.3 is 114 Å². The Morgan fingerprint density at radius 3 is 0.762 bits per heavy atom. The summed E-state index contributed by atoms with van der Waals surface area (Å²) in [6.07, 6.45) is -1.89. The summed E-state index contributed by atoms with van der Waals surface area (Å²) in [4.78, 5) is 0. The van der Waals surface area contributed by atoms with Gasteiger partial charge in [-0.25, -0.2) is 0 Å². The van der Waals surface area contributed by atoms with E-state index < -0.39 is 99.5 Å². The zero-order chi connectivity index (χ0) is 61.7. The summed E-state index contributed by atoms with van der Waals surface area (Å²) in [5.74, 6) is 1.71. The number of ether oxygens (including phenoxy) is 22. The van der Waals surface area contributed by atoms with Crippen LogP contribution in [0.25, 0.3) is 0 Å². The Hall–Kier alpha value is -1.22. The molecule has 18 atom stereocenters. The summed E-state index contributed by atoms with van der Waals surface area (Å²) in [5, 5.41) is 19.6. The molecule has 84 heavy (non-hydrogen) atoms. The van der Waals surface area contributed by atoms with Crippen LogP contribution in [0.3, 0.4) is 0 Å². The number of aliphatic hydroxyl groups excluding tert-OH is 2. The van der Waals surface area contributed by atoms with Crippen LogP contribution in [0.2, 0.25) is 0 Å². The molecular formula is C60H116O24. The molecule has 2 bridgehead atoms. The molecule has 24 heteroatoms. The Labute approximate surface area is 504 Å². The van der Waals surface area contributed by atoms with Gasteiger partial charge in [-0.15, -0.1) is 0 Å². The molecule has 2 rings (SSSR count). The first-order chi connectivity index (χ1) is 40.6. The average Bonchev–Trinajstić information content (AvgIpc) is 4.34. The van der Waals surface area contributed by atoms with Crippen LogP contribution in [-0.2, 0) is 104 Å². The minimum absolute atomic E-state index is 0.0222. The lowest BCUT2D eigenvalue weighted by atomic mass is 9.95. The van der Waals surface area contributed by atoms with Crippen molar-refractivity contribution < 1.29 is 114 Å². The van der Waals surface area contributed by atoms with E-state index in [2.05, 4.69) is 12.2 Å². The van der Waals surface area contributed by atoms with Crippen LogP contribution < -0.4 is 0 Å². The fourth-order valence-corrected chi connectivity index (χ4v) is 8.89. The van der Waals surface area contributed by atoms with E-state index >= 15 is 0 Å². The van der Waals surface area contributed by atoms with E-state index in [0.717, 1.165) is 6.42 Å². The Morgan fingerprint density at radius 2 is 0.548 bits per heavy atom. The van der Waals surface area contributed by atoms with E-state index in [1.165, 1.54) is 6.42 Å². The van der Waals surface area contributed by atoms with Crippen molar-refractivity contribution in [3.63, 3.8) is 0 Å².